The molecule has 502 valence electrons. The Kier molecular flexibility index (Phi) is 18.8. The van der Waals surface area contributed by atoms with E-state index in [0.717, 1.165) is 119 Å². The molecular weight excluding hydrogens is 1230 g/mol. The number of Topliss-reactive ketones (excluding diaryl/α,β-unsaturated/α-hetero) is 1. The number of rotatable bonds is 10. The molecule has 15 nitrogen and oxygen atoms in total. The number of hydrogen-bond acceptors (Lipinski definition) is 17. The topological polar surface area (TPSA) is 249 Å². The van der Waals surface area contributed by atoms with Gasteiger partial charge in [0.25, 0.3) is 0 Å². The predicted octanol–water partition coefficient (Wildman–Crippen LogP) is 8.88. The summed E-state index contributed by atoms with van der Waals surface area (Å²) in [7, 11) is 3.97. The summed E-state index contributed by atoms with van der Waals surface area (Å²) >= 11 is 0. The van der Waals surface area contributed by atoms with E-state index in [1.54, 1.807) is 12.1 Å². The number of carbonyl (C=O) groups is 2. The number of guanidine groups is 1. The number of carbonyl (C=O) groups excluding carboxylic acids is 2. The van der Waals surface area contributed by atoms with Crippen molar-refractivity contribution in [1.29, 1.82) is 0 Å². The Labute approximate surface area is 568 Å². The van der Waals surface area contributed by atoms with E-state index >= 15 is 0 Å². The summed E-state index contributed by atoms with van der Waals surface area (Å²) in [6, 6.07) is 26.2. The van der Waals surface area contributed by atoms with Crippen LogP contribution >= 0.6 is 21.6 Å². The number of hydrogen-bond donors (Lipinski definition) is 11. The highest BCUT2D eigenvalue weighted by Gasteiger charge is 2.76. The van der Waals surface area contributed by atoms with Gasteiger partial charge >= 0.3 is 0 Å². The monoisotopic (exact) mass is 1320 g/mol. The smallest absolute Gasteiger partial charge is 0.202 e. The normalized spacial score (nSPS) is 37.4. The van der Waals surface area contributed by atoms with Gasteiger partial charge in [-0.3, -0.25) is 9.59 Å². The Bertz CT molecular complexity index is 3720. The number of aliphatic hydroxyl groups is 3. The molecular formula is C78H96N8O7S2. The predicted molar refractivity (Wildman–Crippen MR) is 377 cm³/mol. The van der Waals surface area contributed by atoms with Crippen LogP contribution in [0.4, 0.5) is 0 Å². The molecule has 7 bridgehead atoms. The number of nitrogens with zero attached hydrogens (tertiary/aromatic N) is 1. The number of phenolic OH excluding ortho intramolecular Hbond substituents is 1. The van der Waals surface area contributed by atoms with E-state index < -0.39 is 31.5 Å². The summed E-state index contributed by atoms with van der Waals surface area (Å²) in [5.74, 6) is 7.19. The summed E-state index contributed by atoms with van der Waals surface area (Å²) < 4.78 is 5.58. The van der Waals surface area contributed by atoms with E-state index in [2.05, 4.69) is 124 Å². The quantitative estimate of drug-likeness (QED) is 0.0298. The third-order valence-corrected chi connectivity index (χ3v) is 28.0. The number of nitrogens with one attached hydrogen (secondary N) is 5. The van der Waals surface area contributed by atoms with E-state index in [0.29, 0.717) is 83.7 Å². The molecule has 13 N–H and O–H groups in total. The zero-order chi connectivity index (χ0) is 65.0. The van der Waals surface area contributed by atoms with Gasteiger partial charge in [0, 0.05) is 72.1 Å². The van der Waals surface area contributed by atoms with Crippen LogP contribution in [0.1, 0.15) is 118 Å². The van der Waals surface area contributed by atoms with Gasteiger partial charge in [0.15, 0.2) is 24.1 Å². The Morgan fingerprint density at radius 2 is 1.78 bits per heavy atom. The third-order valence-electron chi connectivity index (χ3n) is 25.5. The minimum atomic E-state index is -0.713. The Balaban J connectivity index is 0.893. The number of allylic oxidation sites excluding steroid dienone is 3. The number of benzene rings is 3. The van der Waals surface area contributed by atoms with Gasteiger partial charge in [-0.15, -0.1) is 0 Å². The first-order valence-corrected chi connectivity index (χ1v) is 38.1. The molecule has 6 fully saturated rings. The van der Waals surface area contributed by atoms with Crippen LogP contribution in [0.2, 0.25) is 0 Å². The standard InChI is InChI=1S/C78H96N8O7S2/c79-72-36-64-54(41-84-72)29-52-31-68(92)69(93-45-88)35-62(52)55(42-87)30-59(90)34-58(89)26-49-16-17-70-76(37-49,38-65-60-20-23-81-40-53(60)28-50-11-6-22-82-73(50)65)39-71-77(70)21-18-56-32-57-33-66(61-12-5-13-67(91)74(61)86-71)78(56,77)44-95-94-43-51(19-24-83-75(80)85-57)63(64)27-48-10-4-9-47(25-48)15-14-46-7-2-1-3-8-46/h1-12,25,30-31,35-36,41,49-51,53,56-57,60,63,65,67,70-74,81-82,84,86-88,91-92H,13-18,20-23,26-29,32-34,37-40,42-45,79H2,(H3,80,83,85). The fraction of sp³-hybridized carbons (Fsp3) is 0.551. The van der Waals surface area contributed by atoms with Gasteiger partial charge in [-0.2, -0.15) is 4.99 Å². The molecule has 2 spiro atoms. The largest absolute Gasteiger partial charge is 0.504 e. The van der Waals surface area contributed by atoms with Crippen molar-refractivity contribution in [1.82, 2.24) is 26.6 Å². The van der Waals surface area contributed by atoms with Gasteiger partial charge in [-0.1, -0.05) is 112 Å². The first-order valence-electron chi connectivity index (χ1n) is 35.6. The second-order valence-electron chi connectivity index (χ2n) is 30.3. The number of aromatic hydroxyl groups is 1. The lowest BCUT2D eigenvalue weighted by molar-refractivity contribution is -0.126. The zero-order valence-electron chi connectivity index (χ0n) is 54.7. The summed E-state index contributed by atoms with van der Waals surface area (Å²) in [6.07, 6.45) is 28.2. The van der Waals surface area contributed by atoms with Crippen molar-refractivity contribution < 1.29 is 34.8 Å². The van der Waals surface area contributed by atoms with Gasteiger partial charge in [0.05, 0.1) is 31.3 Å². The van der Waals surface area contributed by atoms with Gasteiger partial charge in [0.2, 0.25) is 5.96 Å². The molecule has 3 aromatic carbocycles. The van der Waals surface area contributed by atoms with Crippen LogP contribution in [0, 0.1) is 81.5 Å². The molecule has 0 radical (unpaired) electrons. The molecule has 17 heteroatoms. The first kappa shape index (κ1) is 65.1. The maximum Gasteiger partial charge on any atom is 0.202 e. The van der Waals surface area contributed by atoms with Crippen molar-refractivity contribution >= 4 is 44.7 Å². The zero-order valence-corrected chi connectivity index (χ0v) is 56.3. The number of dihydropyridines is 1. The number of fused-ring (bicyclic) bond motifs is 10. The molecule has 8 heterocycles. The minimum absolute atomic E-state index is 0.00233. The molecule has 95 heavy (non-hydrogen) atoms. The first-order chi connectivity index (χ1) is 46.3. The molecule has 6 aliphatic carbocycles. The number of piperidine rings is 1. The van der Waals surface area contributed by atoms with Crippen molar-refractivity contribution in [3.63, 3.8) is 0 Å². The number of phenols is 1. The highest BCUT2D eigenvalue weighted by atomic mass is 33.1. The van der Waals surface area contributed by atoms with Gasteiger partial charge in [-0.05, 0) is 242 Å². The van der Waals surface area contributed by atoms with Crippen molar-refractivity contribution in [2.75, 3.05) is 44.5 Å². The highest BCUT2D eigenvalue weighted by molar-refractivity contribution is 8.76. The van der Waals surface area contributed by atoms with E-state index in [1.807, 2.05) is 27.8 Å². The average Bonchev–Trinajstić information content (AvgIpc) is 1.49. The second kappa shape index (κ2) is 27.4. The molecule has 18 atom stereocenters. The SMILES string of the molecule is NC1=NC#CC2CSSCC34C5=C6C=CCC(O)C6NC6CC7(CC8C9CCNCC9CC9C=CCNC98)CC(CCC7C63CCC4CC(C5)N1)CC(=O)CC(=O)C=C(CO)c1cc(OCO)c(O)cc1CC1=CNC(N)C=C1C2Cc1cccc(CCc2ccccc2)c1. The number of nitrogens with two attached hydrogens (primary N) is 2. The van der Waals surface area contributed by atoms with Crippen molar-refractivity contribution in [3.8, 4) is 23.5 Å². The van der Waals surface area contributed by atoms with Gasteiger partial charge in [-0.25, -0.2) is 0 Å². The molecule has 8 aliphatic heterocycles. The van der Waals surface area contributed by atoms with Crippen LogP contribution in [0.25, 0.3) is 5.57 Å². The Morgan fingerprint density at radius 1 is 0.916 bits per heavy atom. The summed E-state index contributed by atoms with van der Waals surface area (Å²) in [6.45, 7) is 1.71. The number of ketones is 2. The lowest BCUT2D eigenvalue weighted by atomic mass is 9.46. The maximum atomic E-state index is 15.0. The number of aliphatic hydroxyl groups excluding tert-OH is 3. The van der Waals surface area contributed by atoms with E-state index in [-0.39, 0.29) is 87.8 Å². The van der Waals surface area contributed by atoms with E-state index in [1.165, 1.54) is 34.8 Å². The van der Waals surface area contributed by atoms with Crippen molar-refractivity contribution in [2.24, 2.45) is 86.0 Å². The van der Waals surface area contributed by atoms with Gasteiger partial charge < -0.3 is 63.2 Å². The maximum absolute atomic E-state index is 15.0. The summed E-state index contributed by atoms with van der Waals surface area (Å²) in [4.78, 5) is 34.6. The fourth-order valence-electron chi connectivity index (χ4n) is 22.0. The molecule has 18 unspecified atom stereocenters. The number of aliphatic imine (C=N–C) groups is 1. The lowest BCUT2D eigenvalue weighted by Crippen LogP contribution is -2.60. The van der Waals surface area contributed by atoms with E-state index in [9.17, 15) is 30.0 Å². The number of aryl methyl sites for hydroxylation is 2. The minimum Gasteiger partial charge on any atom is -0.504 e. The fourth-order valence-corrected chi connectivity index (χ4v) is 25.0. The molecule has 5 saturated carbocycles. The average molecular weight is 1320 g/mol. The number of ether oxygens (including phenoxy) is 1. The van der Waals surface area contributed by atoms with Crippen molar-refractivity contribution in [3.05, 3.63) is 159 Å². The van der Waals surface area contributed by atoms with Crippen molar-refractivity contribution in [2.45, 2.75) is 152 Å². The third kappa shape index (κ3) is 12.3. The van der Waals surface area contributed by atoms with E-state index in [4.69, 9.17) is 21.2 Å². The Morgan fingerprint density at radius 3 is 2.65 bits per heavy atom. The molecule has 0 amide bonds. The van der Waals surface area contributed by atoms with Crippen LogP contribution in [-0.4, -0.2) is 119 Å². The van der Waals surface area contributed by atoms with Crippen LogP contribution in [-0.2, 0) is 35.3 Å². The molecule has 14 aliphatic rings. The summed E-state index contributed by atoms with van der Waals surface area (Å²) in [5.41, 5.74) is 23.2. The van der Waals surface area contributed by atoms with Crippen LogP contribution in [0.5, 0.6) is 11.5 Å². The van der Waals surface area contributed by atoms with Gasteiger partial charge in [0.1, 0.15) is 5.78 Å². The second-order valence-corrected chi connectivity index (χ2v) is 32.8. The Hall–Kier alpha value is -5.91. The van der Waals surface area contributed by atoms with Crippen LogP contribution in [0.3, 0.4) is 0 Å². The molecule has 3 aromatic rings. The molecule has 17 rings (SSSR count). The highest BCUT2D eigenvalue weighted by Crippen LogP contribution is 2.80. The molecule has 0 aromatic heterocycles. The lowest BCUT2D eigenvalue weighted by Gasteiger charge is -2.60. The molecule has 1 saturated heterocycles. The van der Waals surface area contributed by atoms with Crippen LogP contribution < -0.4 is 42.8 Å². The van der Waals surface area contributed by atoms with Crippen LogP contribution in [0.15, 0.2) is 137 Å². The summed E-state index contributed by atoms with van der Waals surface area (Å²) in [5, 5.41) is 65.3.